The zero-order valence-electron chi connectivity index (χ0n) is 13.3. The van der Waals surface area contributed by atoms with E-state index in [1.807, 2.05) is 4.90 Å². The van der Waals surface area contributed by atoms with E-state index in [-0.39, 0.29) is 11.9 Å². The Bertz CT molecular complexity index is 314. The quantitative estimate of drug-likeness (QED) is 0.856. The summed E-state index contributed by atoms with van der Waals surface area (Å²) in [4.78, 5) is 16.4. The van der Waals surface area contributed by atoms with E-state index in [1.165, 1.54) is 25.7 Å². The normalized spacial score (nSPS) is 30.6. The fourth-order valence-corrected chi connectivity index (χ4v) is 3.73. The lowest BCUT2D eigenvalue weighted by Crippen LogP contribution is -2.55. The average molecular weight is 281 g/mol. The molecule has 2 rings (SSSR count). The minimum absolute atomic E-state index is 0.105. The topological polar surface area (TPSA) is 49.6 Å². The Morgan fingerprint density at radius 1 is 1.00 bits per heavy atom. The van der Waals surface area contributed by atoms with Gasteiger partial charge in [-0.05, 0) is 44.4 Å². The van der Waals surface area contributed by atoms with Gasteiger partial charge in [-0.3, -0.25) is 9.69 Å². The third-order valence-corrected chi connectivity index (χ3v) is 5.22. The molecule has 2 aliphatic rings. The third-order valence-electron chi connectivity index (χ3n) is 5.22. The molecule has 1 aliphatic heterocycles. The van der Waals surface area contributed by atoms with Crippen molar-refractivity contribution >= 4 is 5.91 Å². The monoisotopic (exact) mass is 281 g/mol. The molecule has 0 aromatic heterocycles. The fourth-order valence-electron chi connectivity index (χ4n) is 3.73. The molecule has 1 aliphatic carbocycles. The highest BCUT2D eigenvalue weighted by molar-refractivity contribution is 5.81. The molecule has 0 aromatic rings. The van der Waals surface area contributed by atoms with Crippen molar-refractivity contribution in [3.63, 3.8) is 0 Å². The molecule has 1 heterocycles. The highest BCUT2D eigenvalue weighted by Gasteiger charge is 2.30. The molecule has 20 heavy (non-hydrogen) atoms. The Labute approximate surface area is 123 Å². The van der Waals surface area contributed by atoms with Gasteiger partial charge in [0.05, 0.1) is 6.04 Å². The Hall–Kier alpha value is -0.610. The Balaban J connectivity index is 1.76. The Morgan fingerprint density at radius 3 is 2.00 bits per heavy atom. The Kier molecular flexibility index (Phi) is 5.44. The lowest BCUT2D eigenvalue weighted by Gasteiger charge is -2.42. The molecule has 0 spiro atoms. The van der Waals surface area contributed by atoms with Crippen LogP contribution in [0.5, 0.6) is 0 Å². The molecule has 116 valence electrons. The summed E-state index contributed by atoms with van der Waals surface area (Å²) in [5.74, 6) is 1.86. The lowest BCUT2D eigenvalue weighted by atomic mass is 9.79. The van der Waals surface area contributed by atoms with E-state index >= 15 is 0 Å². The minimum atomic E-state index is -0.358. The first-order valence-electron chi connectivity index (χ1n) is 8.27. The van der Waals surface area contributed by atoms with Gasteiger partial charge in [-0.25, -0.2) is 0 Å². The Morgan fingerprint density at radius 2 is 1.55 bits per heavy atom. The highest BCUT2D eigenvalue weighted by Crippen LogP contribution is 2.32. The van der Waals surface area contributed by atoms with Crippen LogP contribution in [-0.2, 0) is 4.79 Å². The third kappa shape index (κ3) is 3.73. The van der Waals surface area contributed by atoms with Crippen molar-refractivity contribution in [3.8, 4) is 0 Å². The molecule has 1 saturated heterocycles. The van der Waals surface area contributed by atoms with Gasteiger partial charge < -0.3 is 10.6 Å². The van der Waals surface area contributed by atoms with Gasteiger partial charge in [0.2, 0.25) is 5.91 Å². The van der Waals surface area contributed by atoms with Crippen LogP contribution in [0.15, 0.2) is 0 Å². The number of carbonyl (C=O) groups is 1. The summed E-state index contributed by atoms with van der Waals surface area (Å²) >= 11 is 0. The van der Waals surface area contributed by atoms with Crippen molar-refractivity contribution < 1.29 is 4.79 Å². The molecule has 4 heteroatoms. The summed E-state index contributed by atoms with van der Waals surface area (Å²) < 4.78 is 0. The molecule has 2 N–H and O–H groups in total. The van der Waals surface area contributed by atoms with Crippen LogP contribution in [0.25, 0.3) is 0 Å². The number of nitrogens with two attached hydrogens (primary N) is 1. The second kappa shape index (κ2) is 6.90. The summed E-state index contributed by atoms with van der Waals surface area (Å²) in [6.45, 7) is 10.2. The van der Waals surface area contributed by atoms with Crippen LogP contribution >= 0.6 is 0 Å². The number of carbonyl (C=O) groups excluding carboxylic acids is 1. The molecule has 1 atom stereocenters. The first kappa shape index (κ1) is 15.8. The van der Waals surface area contributed by atoms with E-state index in [4.69, 9.17) is 5.73 Å². The van der Waals surface area contributed by atoms with Crippen LogP contribution in [0.1, 0.15) is 46.5 Å². The molecule has 0 radical (unpaired) electrons. The molecular weight excluding hydrogens is 250 g/mol. The highest BCUT2D eigenvalue weighted by atomic mass is 16.2. The fraction of sp³-hybridized carbons (Fsp3) is 0.938. The van der Waals surface area contributed by atoms with Crippen LogP contribution in [0, 0.1) is 11.8 Å². The second-order valence-corrected chi connectivity index (χ2v) is 6.96. The van der Waals surface area contributed by atoms with Crippen molar-refractivity contribution in [2.45, 2.75) is 58.5 Å². The van der Waals surface area contributed by atoms with Gasteiger partial charge in [0.25, 0.3) is 0 Å². The summed E-state index contributed by atoms with van der Waals surface area (Å²) in [7, 11) is 0. The first-order chi connectivity index (χ1) is 9.49. The van der Waals surface area contributed by atoms with Gasteiger partial charge >= 0.3 is 0 Å². The van der Waals surface area contributed by atoms with Crippen LogP contribution in [0.3, 0.4) is 0 Å². The number of piperazine rings is 1. The minimum Gasteiger partial charge on any atom is -0.339 e. The van der Waals surface area contributed by atoms with E-state index in [9.17, 15) is 4.79 Å². The number of rotatable bonds is 3. The van der Waals surface area contributed by atoms with Crippen LogP contribution in [-0.4, -0.2) is 54.0 Å². The summed E-state index contributed by atoms with van der Waals surface area (Å²) in [5, 5.41) is 0. The zero-order chi connectivity index (χ0) is 14.7. The molecule has 0 bridgehead atoms. The average Bonchev–Trinajstić information content (AvgIpc) is 2.46. The van der Waals surface area contributed by atoms with E-state index in [0.29, 0.717) is 0 Å². The van der Waals surface area contributed by atoms with Crippen molar-refractivity contribution in [1.29, 1.82) is 0 Å². The molecule has 0 aromatic carbocycles. The van der Waals surface area contributed by atoms with Gasteiger partial charge in [-0.15, -0.1) is 0 Å². The maximum Gasteiger partial charge on any atom is 0.239 e. The number of amides is 1. The van der Waals surface area contributed by atoms with E-state index in [0.717, 1.165) is 44.1 Å². The van der Waals surface area contributed by atoms with Gasteiger partial charge in [-0.1, -0.05) is 13.8 Å². The predicted molar refractivity (Wildman–Crippen MR) is 82.4 cm³/mol. The standard InChI is InChI=1S/C16H31N3O/c1-12(2)14-4-6-15(7-5-14)18-8-10-19(11-9-18)16(20)13(3)17/h12-15H,4-11,17H2,1-3H3/t13-,14?,15?/m1/s1. The SMILES string of the molecule is CC(C)C1CCC(N2CCN(C(=O)[C@@H](C)N)CC2)CC1. The molecule has 2 fully saturated rings. The van der Waals surface area contributed by atoms with E-state index in [1.54, 1.807) is 6.92 Å². The van der Waals surface area contributed by atoms with Crippen molar-refractivity contribution in [3.05, 3.63) is 0 Å². The second-order valence-electron chi connectivity index (χ2n) is 6.96. The van der Waals surface area contributed by atoms with Crippen molar-refractivity contribution in [1.82, 2.24) is 9.80 Å². The van der Waals surface area contributed by atoms with Gasteiger partial charge in [0.1, 0.15) is 0 Å². The number of hydrogen-bond donors (Lipinski definition) is 1. The van der Waals surface area contributed by atoms with Gasteiger partial charge in [0.15, 0.2) is 0 Å². The number of hydrogen-bond acceptors (Lipinski definition) is 3. The predicted octanol–water partition coefficient (Wildman–Crippen LogP) is 1.69. The van der Waals surface area contributed by atoms with Crippen molar-refractivity contribution in [2.24, 2.45) is 17.6 Å². The van der Waals surface area contributed by atoms with Gasteiger partial charge in [0, 0.05) is 32.2 Å². The molecule has 4 nitrogen and oxygen atoms in total. The molecule has 0 unspecified atom stereocenters. The van der Waals surface area contributed by atoms with Crippen LogP contribution in [0.2, 0.25) is 0 Å². The molecular formula is C16H31N3O. The van der Waals surface area contributed by atoms with Crippen LogP contribution in [0.4, 0.5) is 0 Å². The largest absolute Gasteiger partial charge is 0.339 e. The first-order valence-corrected chi connectivity index (χ1v) is 8.27. The summed E-state index contributed by atoms with van der Waals surface area (Å²) in [5.41, 5.74) is 5.68. The van der Waals surface area contributed by atoms with Crippen molar-refractivity contribution in [2.75, 3.05) is 26.2 Å². The lowest BCUT2D eigenvalue weighted by molar-refractivity contribution is -0.134. The van der Waals surface area contributed by atoms with Crippen LogP contribution < -0.4 is 5.73 Å². The smallest absolute Gasteiger partial charge is 0.239 e. The van der Waals surface area contributed by atoms with E-state index in [2.05, 4.69) is 18.7 Å². The summed E-state index contributed by atoms with van der Waals surface area (Å²) in [6, 6.07) is 0.389. The number of nitrogens with zero attached hydrogens (tertiary/aromatic N) is 2. The molecule has 1 amide bonds. The zero-order valence-corrected chi connectivity index (χ0v) is 13.3. The maximum absolute atomic E-state index is 11.9. The van der Waals surface area contributed by atoms with E-state index < -0.39 is 0 Å². The van der Waals surface area contributed by atoms with Gasteiger partial charge in [-0.2, -0.15) is 0 Å². The molecule has 1 saturated carbocycles. The summed E-state index contributed by atoms with van der Waals surface area (Å²) in [6.07, 6.45) is 5.43. The maximum atomic E-state index is 11.9.